The fourth-order valence-electron chi connectivity index (χ4n) is 2.24. The Morgan fingerprint density at radius 3 is 2.78 bits per heavy atom. The van der Waals surface area contributed by atoms with Crippen molar-refractivity contribution in [3.05, 3.63) is 22.8 Å². The van der Waals surface area contributed by atoms with Gasteiger partial charge in [-0.3, -0.25) is 5.32 Å². The number of halogens is 1. The van der Waals surface area contributed by atoms with Crippen molar-refractivity contribution < 1.29 is 14.6 Å². The summed E-state index contributed by atoms with van der Waals surface area (Å²) in [6.45, 7) is 5.96. The summed E-state index contributed by atoms with van der Waals surface area (Å²) >= 11 is 2.32. The van der Waals surface area contributed by atoms with Gasteiger partial charge in [0.15, 0.2) is 0 Å². The Labute approximate surface area is 120 Å². The fourth-order valence-corrected chi connectivity index (χ4v) is 2.66. The molecule has 2 rings (SSSR count). The highest BCUT2D eigenvalue weighted by atomic mass is 127. The number of rotatable bonds is 2. The number of carbonyl (C=O) groups is 1. The van der Waals surface area contributed by atoms with Gasteiger partial charge in [-0.25, -0.2) is 4.79 Å². The minimum atomic E-state index is -1.03. The van der Waals surface area contributed by atoms with Crippen molar-refractivity contribution in [3.63, 3.8) is 0 Å². The number of hydrogen-bond donors (Lipinski definition) is 2. The van der Waals surface area contributed by atoms with Crippen LogP contribution in [0.15, 0.2) is 6.07 Å². The first kappa shape index (κ1) is 13.5. The largest absolute Gasteiger partial charge is 0.486 e. The molecule has 0 aliphatic carbocycles. The molecule has 18 heavy (non-hydrogen) atoms. The summed E-state index contributed by atoms with van der Waals surface area (Å²) in [6, 6.07) is 1.89. The molecule has 2 N–H and O–H groups in total. The molecule has 1 aromatic carbocycles. The van der Waals surface area contributed by atoms with Gasteiger partial charge in [-0.1, -0.05) is 22.6 Å². The van der Waals surface area contributed by atoms with E-state index in [1.54, 1.807) is 0 Å². The SMILES string of the molecule is Cc1c(NC(=O)O)cc2c(c1C)OC(C)(CI)C2. The second-order valence-corrected chi connectivity index (χ2v) is 5.72. The van der Waals surface area contributed by atoms with Crippen LogP contribution in [0, 0.1) is 13.8 Å². The van der Waals surface area contributed by atoms with Crippen molar-refractivity contribution in [3.8, 4) is 5.75 Å². The molecule has 0 bridgehead atoms. The minimum absolute atomic E-state index is 0.179. The number of benzene rings is 1. The van der Waals surface area contributed by atoms with Crippen LogP contribution < -0.4 is 10.1 Å². The minimum Gasteiger partial charge on any atom is -0.486 e. The number of amides is 1. The predicted octanol–water partition coefficient (Wildman–Crippen LogP) is 3.52. The Bertz CT molecular complexity index is 515. The van der Waals surface area contributed by atoms with E-state index in [1.165, 1.54) is 0 Å². The van der Waals surface area contributed by atoms with Gasteiger partial charge in [-0.05, 0) is 38.0 Å². The summed E-state index contributed by atoms with van der Waals surface area (Å²) in [5.74, 6) is 0.919. The van der Waals surface area contributed by atoms with Crippen LogP contribution in [0.25, 0.3) is 0 Å². The number of carboxylic acid groups (broad SMARTS) is 1. The van der Waals surface area contributed by atoms with Gasteiger partial charge in [0.25, 0.3) is 0 Å². The van der Waals surface area contributed by atoms with Crippen LogP contribution in [0.2, 0.25) is 0 Å². The van der Waals surface area contributed by atoms with Gasteiger partial charge in [0.1, 0.15) is 11.4 Å². The predicted molar refractivity (Wildman–Crippen MR) is 79.2 cm³/mol. The lowest BCUT2D eigenvalue weighted by atomic mass is 9.97. The summed E-state index contributed by atoms with van der Waals surface area (Å²) in [4.78, 5) is 10.8. The quantitative estimate of drug-likeness (QED) is 0.626. The van der Waals surface area contributed by atoms with Gasteiger partial charge in [0.05, 0.1) is 0 Å². The zero-order chi connectivity index (χ0) is 13.5. The van der Waals surface area contributed by atoms with E-state index in [4.69, 9.17) is 9.84 Å². The summed E-state index contributed by atoms with van der Waals surface area (Å²) in [5, 5.41) is 11.3. The average molecular weight is 361 g/mol. The number of alkyl halides is 1. The van der Waals surface area contributed by atoms with E-state index in [1.807, 2.05) is 19.9 Å². The molecule has 1 amide bonds. The van der Waals surface area contributed by atoms with Crippen LogP contribution >= 0.6 is 22.6 Å². The van der Waals surface area contributed by atoms with Crippen molar-refractivity contribution in [2.24, 2.45) is 0 Å². The van der Waals surface area contributed by atoms with Crippen molar-refractivity contribution >= 4 is 34.4 Å². The molecule has 0 saturated carbocycles. The maximum atomic E-state index is 10.8. The number of fused-ring (bicyclic) bond motifs is 1. The van der Waals surface area contributed by atoms with Gasteiger partial charge < -0.3 is 9.84 Å². The molecule has 1 unspecified atom stereocenters. The van der Waals surface area contributed by atoms with Gasteiger partial charge in [0.2, 0.25) is 0 Å². The molecule has 4 nitrogen and oxygen atoms in total. The Kier molecular flexibility index (Phi) is 3.44. The van der Waals surface area contributed by atoms with Crippen LogP contribution in [-0.4, -0.2) is 21.2 Å². The zero-order valence-electron chi connectivity index (χ0n) is 10.6. The molecule has 1 aliphatic rings. The van der Waals surface area contributed by atoms with E-state index in [2.05, 4.69) is 34.8 Å². The molecule has 0 aromatic heterocycles. The lowest BCUT2D eigenvalue weighted by Gasteiger charge is -2.21. The molecule has 0 saturated heterocycles. The first-order valence-electron chi connectivity index (χ1n) is 5.74. The van der Waals surface area contributed by atoms with Crippen molar-refractivity contribution in [1.29, 1.82) is 0 Å². The summed E-state index contributed by atoms with van der Waals surface area (Å²) < 4.78 is 6.93. The first-order valence-corrected chi connectivity index (χ1v) is 7.27. The molecule has 5 heteroatoms. The van der Waals surface area contributed by atoms with E-state index in [-0.39, 0.29) is 5.60 Å². The molecule has 0 spiro atoms. The van der Waals surface area contributed by atoms with E-state index in [9.17, 15) is 4.79 Å². The third-order valence-corrected chi connectivity index (χ3v) is 4.97. The summed E-state index contributed by atoms with van der Waals surface area (Å²) in [5.41, 5.74) is 3.50. The van der Waals surface area contributed by atoms with Crippen LogP contribution in [-0.2, 0) is 6.42 Å². The number of ether oxygens (including phenoxy) is 1. The highest BCUT2D eigenvalue weighted by Crippen LogP contribution is 2.42. The lowest BCUT2D eigenvalue weighted by molar-refractivity contribution is 0.146. The molecule has 0 fully saturated rings. The maximum absolute atomic E-state index is 10.8. The zero-order valence-corrected chi connectivity index (χ0v) is 12.8. The molecule has 0 radical (unpaired) electrons. The smallest absolute Gasteiger partial charge is 0.409 e. The van der Waals surface area contributed by atoms with Crippen molar-refractivity contribution in [1.82, 2.24) is 0 Å². The summed E-state index contributed by atoms with van der Waals surface area (Å²) in [7, 11) is 0. The molecule has 98 valence electrons. The summed E-state index contributed by atoms with van der Waals surface area (Å²) in [6.07, 6.45) is -0.214. The highest BCUT2D eigenvalue weighted by Gasteiger charge is 2.35. The van der Waals surface area contributed by atoms with Crippen LogP contribution in [0.1, 0.15) is 23.6 Å². The third-order valence-electron chi connectivity index (χ3n) is 3.35. The Morgan fingerprint density at radius 1 is 1.56 bits per heavy atom. The Hall–Kier alpha value is -0.980. The lowest BCUT2D eigenvalue weighted by Crippen LogP contribution is -2.31. The highest BCUT2D eigenvalue weighted by molar-refractivity contribution is 14.1. The maximum Gasteiger partial charge on any atom is 0.409 e. The monoisotopic (exact) mass is 361 g/mol. The average Bonchev–Trinajstić information content (AvgIpc) is 2.63. The molecule has 1 atom stereocenters. The number of hydrogen-bond acceptors (Lipinski definition) is 2. The molecule has 1 aliphatic heterocycles. The second-order valence-electron chi connectivity index (χ2n) is 4.95. The van der Waals surface area contributed by atoms with E-state index >= 15 is 0 Å². The van der Waals surface area contributed by atoms with E-state index in [0.29, 0.717) is 5.69 Å². The van der Waals surface area contributed by atoms with Gasteiger partial charge in [0, 0.05) is 22.1 Å². The topological polar surface area (TPSA) is 58.6 Å². The van der Waals surface area contributed by atoms with Gasteiger partial charge in [-0.15, -0.1) is 0 Å². The van der Waals surface area contributed by atoms with Gasteiger partial charge >= 0.3 is 6.09 Å². The number of anilines is 1. The first-order chi connectivity index (χ1) is 8.36. The normalized spacial score (nSPS) is 21.3. The molecular weight excluding hydrogens is 345 g/mol. The molecular formula is C13H16INO3. The van der Waals surface area contributed by atoms with Crippen molar-refractivity contribution in [2.45, 2.75) is 32.8 Å². The van der Waals surface area contributed by atoms with E-state index < -0.39 is 6.09 Å². The molecule has 1 aromatic rings. The Balaban J connectivity index is 2.46. The Morgan fingerprint density at radius 2 is 2.22 bits per heavy atom. The van der Waals surface area contributed by atoms with E-state index in [0.717, 1.165) is 33.3 Å². The van der Waals surface area contributed by atoms with Crippen LogP contribution in [0.5, 0.6) is 5.75 Å². The number of nitrogens with one attached hydrogen (secondary N) is 1. The van der Waals surface area contributed by atoms with Crippen LogP contribution in [0.4, 0.5) is 10.5 Å². The van der Waals surface area contributed by atoms with Gasteiger partial charge in [-0.2, -0.15) is 0 Å². The second kappa shape index (κ2) is 4.60. The standard InChI is InChI=1S/C13H16INO3/c1-7-8(2)11-9(4-10(7)15-12(16)17)5-13(3,6-14)18-11/h4,15H,5-6H2,1-3H3,(H,16,17). The third kappa shape index (κ3) is 2.28. The molecule has 1 heterocycles. The fraction of sp³-hybridized carbons (Fsp3) is 0.462. The van der Waals surface area contributed by atoms with Crippen LogP contribution in [0.3, 0.4) is 0 Å². The van der Waals surface area contributed by atoms with Crippen molar-refractivity contribution in [2.75, 3.05) is 9.74 Å².